The van der Waals surface area contributed by atoms with Gasteiger partial charge >= 0.3 is 11.7 Å². The van der Waals surface area contributed by atoms with Gasteiger partial charge in [0.2, 0.25) is 0 Å². The zero-order valence-electron chi connectivity index (χ0n) is 19.2. The molecule has 0 unspecified atom stereocenters. The number of nitrogens with zero attached hydrogens (tertiary/aromatic N) is 2. The van der Waals surface area contributed by atoms with Crippen LogP contribution in [-0.2, 0) is 27.5 Å². The summed E-state index contributed by atoms with van der Waals surface area (Å²) < 4.78 is 19.9. The third-order valence-corrected chi connectivity index (χ3v) is 6.06. The van der Waals surface area contributed by atoms with Gasteiger partial charge in [-0.25, -0.2) is 14.2 Å². The lowest BCUT2D eigenvalue weighted by atomic mass is 9.98. The highest BCUT2D eigenvalue weighted by molar-refractivity contribution is 5.89. The molecule has 8 heteroatoms. The van der Waals surface area contributed by atoms with Crippen LogP contribution in [0.4, 0.5) is 0 Å². The summed E-state index contributed by atoms with van der Waals surface area (Å²) >= 11 is 0. The topological polar surface area (TPSA) is 88.8 Å². The van der Waals surface area contributed by atoms with E-state index in [1.165, 1.54) is 16.8 Å². The van der Waals surface area contributed by atoms with Crippen molar-refractivity contribution in [2.45, 2.75) is 52.0 Å². The summed E-state index contributed by atoms with van der Waals surface area (Å²) in [5.74, 6) is -0.639. The zero-order chi connectivity index (χ0) is 24.1. The van der Waals surface area contributed by atoms with Crippen molar-refractivity contribution in [3.05, 3.63) is 105 Å². The van der Waals surface area contributed by atoms with Crippen LogP contribution in [0.15, 0.2) is 82.5 Å². The molecule has 0 N–H and O–H groups in total. The van der Waals surface area contributed by atoms with Gasteiger partial charge in [-0.1, -0.05) is 62.4 Å². The molecule has 34 heavy (non-hydrogen) atoms. The second-order valence-electron chi connectivity index (χ2n) is 8.30. The summed E-state index contributed by atoms with van der Waals surface area (Å²) in [6.07, 6.45) is 0.302. The lowest BCUT2D eigenvalue weighted by Gasteiger charge is -2.23. The van der Waals surface area contributed by atoms with Gasteiger partial charge < -0.3 is 14.2 Å². The number of hydrogen-bond donors (Lipinski definition) is 0. The molecular weight excluding hydrogens is 436 g/mol. The van der Waals surface area contributed by atoms with Crippen molar-refractivity contribution in [3.63, 3.8) is 0 Å². The highest BCUT2D eigenvalue weighted by atomic mass is 16.6. The minimum Gasteiger partial charge on any atom is -0.454 e. The highest BCUT2D eigenvalue weighted by Crippen LogP contribution is 2.37. The van der Waals surface area contributed by atoms with E-state index in [0.29, 0.717) is 12.0 Å². The van der Waals surface area contributed by atoms with Crippen LogP contribution in [0, 0.1) is 5.92 Å². The fourth-order valence-electron chi connectivity index (χ4n) is 4.15. The van der Waals surface area contributed by atoms with Crippen molar-refractivity contribution >= 4 is 5.97 Å². The smallest absolute Gasteiger partial charge is 0.338 e. The van der Waals surface area contributed by atoms with E-state index in [2.05, 4.69) is 0 Å². The molecule has 1 aromatic heterocycles. The van der Waals surface area contributed by atoms with Crippen molar-refractivity contribution < 1.29 is 19.0 Å². The average molecular weight is 465 g/mol. The molecule has 0 saturated carbocycles. The summed E-state index contributed by atoms with van der Waals surface area (Å²) in [5, 5.41) is 0. The Morgan fingerprint density at radius 1 is 1.00 bits per heavy atom. The number of carbonyl (C=O) groups excluding carboxylic acids is 1. The maximum atomic E-state index is 13.2. The highest BCUT2D eigenvalue weighted by Gasteiger charge is 2.45. The van der Waals surface area contributed by atoms with Crippen LogP contribution in [0.2, 0.25) is 0 Å². The molecule has 8 nitrogen and oxygen atoms in total. The van der Waals surface area contributed by atoms with Gasteiger partial charge in [-0.3, -0.25) is 9.36 Å². The normalized spacial score (nSPS) is 21.9. The minimum atomic E-state index is -0.860. The van der Waals surface area contributed by atoms with Crippen LogP contribution in [0.1, 0.15) is 42.4 Å². The third kappa shape index (κ3) is 5.03. The minimum absolute atomic E-state index is 0.149. The number of esters is 1. The molecule has 0 radical (unpaired) electrons. The Hall–Kier alpha value is -3.49. The molecule has 178 valence electrons. The van der Waals surface area contributed by atoms with Gasteiger partial charge in [-0.2, -0.15) is 0 Å². The number of benzene rings is 2. The fraction of sp³-hybridized carbons (Fsp3) is 0.346. The Morgan fingerprint density at radius 2 is 1.68 bits per heavy atom. The summed E-state index contributed by atoms with van der Waals surface area (Å²) in [6.45, 7) is 3.96. The lowest BCUT2D eigenvalue weighted by molar-refractivity contribution is -0.0528. The first-order valence-corrected chi connectivity index (χ1v) is 11.3. The Morgan fingerprint density at radius 3 is 2.35 bits per heavy atom. The van der Waals surface area contributed by atoms with Crippen LogP contribution in [-0.4, -0.2) is 27.3 Å². The van der Waals surface area contributed by atoms with E-state index < -0.39 is 29.6 Å². The first-order valence-electron chi connectivity index (χ1n) is 11.3. The van der Waals surface area contributed by atoms with Crippen molar-refractivity contribution in [1.29, 1.82) is 0 Å². The number of rotatable bonds is 8. The number of carbonyl (C=O) groups is 1. The van der Waals surface area contributed by atoms with Crippen LogP contribution in [0.3, 0.4) is 0 Å². The van der Waals surface area contributed by atoms with Crippen LogP contribution in [0.25, 0.3) is 0 Å². The van der Waals surface area contributed by atoms with E-state index in [9.17, 15) is 14.4 Å². The van der Waals surface area contributed by atoms with Gasteiger partial charge in [0.15, 0.2) is 12.3 Å². The Labute approximate surface area is 197 Å². The van der Waals surface area contributed by atoms with E-state index in [1.807, 2.05) is 50.2 Å². The molecule has 1 fully saturated rings. The molecule has 2 aromatic carbocycles. The molecule has 2 heterocycles. The van der Waals surface area contributed by atoms with Gasteiger partial charge in [0.1, 0.15) is 6.73 Å². The molecule has 0 bridgehead atoms. The molecule has 4 atom stereocenters. The van der Waals surface area contributed by atoms with Gasteiger partial charge in [-0.15, -0.1) is 0 Å². The van der Waals surface area contributed by atoms with Crippen molar-refractivity contribution in [2.24, 2.45) is 5.92 Å². The number of hydrogen-bond acceptors (Lipinski definition) is 6. The van der Waals surface area contributed by atoms with Crippen LogP contribution in [0.5, 0.6) is 0 Å². The number of aromatic nitrogens is 2. The monoisotopic (exact) mass is 464 g/mol. The molecule has 0 amide bonds. The van der Waals surface area contributed by atoms with Gasteiger partial charge in [0.05, 0.1) is 18.3 Å². The van der Waals surface area contributed by atoms with Crippen molar-refractivity contribution in [3.8, 4) is 0 Å². The zero-order valence-corrected chi connectivity index (χ0v) is 19.2. The van der Waals surface area contributed by atoms with Gasteiger partial charge in [-0.05, 0) is 24.1 Å². The third-order valence-electron chi connectivity index (χ3n) is 6.06. The average Bonchev–Trinajstić information content (AvgIpc) is 3.17. The van der Waals surface area contributed by atoms with Crippen molar-refractivity contribution in [1.82, 2.24) is 9.13 Å². The predicted molar refractivity (Wildman–Crippen MR) is 125 cm³/mol. The molecule has 1 saturated heterocycles. The Kier molecular flexibility index (Phi) is 7.40. The molecule has 3 aromatic rings. The van der Waals surface area contributed by atoms with E-state index in [1.54, 1.807) is 24.3 Å². The first-order chi connectivity index (χ1) is 16.5. The van der Waals surface area contributed by atoms with E-state index >= 15 is 0 Å². The quantitative estimate of drug-likeness (QED) is 0.475. The molecule has 0 aliphatic carbocycles. The van der Waals surface area contributed by atoms with Crippen LogP contribution < -0.4 is 11.2 Å². The number of ether oxygens (including phenoxy) is 3. The second kappa shape index (κ2) is 10.6. The maximum Gasteiger partial charge on any atom is 0.338 e. The molecule has 1 aliphatic rings. The SMILES string of the molecule is CC[C@@H]1O[C@@H](n2ccc(=O)n(COCc3ccccc3)c2=O)[C@H](OC(=O)c2ccccc2)[C@H]1C. The fourth-order valence-corrected chi connectivity index (χ4v) is 4.15. The summed E-state index contributed by atoms with van der Waals surface area (Å²) in [7, 11) is 0. The molecule has 1 aliphatic heterocycles. The molecule has 4 rings (SSSR count). The molecular formula is C26H28N2O6. The summed E-state index contributed by atoms with van der Waals surface area (Å²) in [5.41, 5.74) is 0.277. The largest absolute Gasteiger partial charge is 0.454 e. The maximum absolute atomic E-state index is 13.2. The first kappa shape index (κ1) is 23.7. The lowest BCUT2D eigenvalue weighted by Crippen LogP contribution is -2.43. The van der Waals surface area contributed by atoms with E-state index in [-0.39, 0.29) is 25.4 Å². The molecule has 0 spiro atoms. The summed E-state index contributed by atoms with van der Waals surface area (Å²) in [4.78, 5) is 38.4. The predicted octanol–water partition coefficient (Wildman–Crippen LogP) is 3.35. The summed E-state index contributed by atoms with van der Waals surface area (Å²) in [6, 6.07) is 19.4. The Balaban J connectivity index is 1.58. The van der Waals surface area contributed by atoms with Crippen LogP contribution >= 0.6 is 0 Å². The standard InChI is InChI=1S/C26H28N2O6/c1-3-21-18(2)23(34-25(30)20-12-8-5-9-13-20)24(33-21)27-15-14-22(29)28(26(27)31)17-32-16-19-10-6-4-7-11-19/h4-15,18,21,23-24H,3,16-17H2,1-2H3/t18-,21-,23+,24+/m0/s1. The second-order valence-corrected chi connectivity index (χ2v) is 8.30. The van der Waals surface area contributed by atoms with Gasteiger partial charge in [0.25, 0.3) is 5.56 Å². The van der Waals surface area contributed by atoms with E-state index in [4.69, 9.17) is 14.2 Å². The van der Waals surface area contributed by atoms with Gasteiger partial charge in [0, 0.05) is 18.2 Å². The van der Waals surface area contributed by atoms with E-state index in [0.717, 1.165) is 10.1 Å². The Bertz CT molecular complexity index is 1220. The van der Waals surface area contributed by atoms with Crippen molar-refractivity contribution in [2.75, 3.05) is 0 Å².